The van der Waals surface area contributed by atoms with Crippen molar-refractivity contribution in [3.05, 3.63) is 17.5 Å². The molecule has 1 aromatic rings. The zero-order valence-corrected chi connectivity index (χ0v) is 9.95. The summed E-state index contributed by atoms with van der Waals surface area (Å²) < 4.78 is 1.92. The van der Waals surface area contributed by atoms with Gasteiger partial charge in [-0.05, 0) is 18.8 Å². The van der Waals surface area contributed by atoms with Crippen LogP contribution in [0.1, 0.15) is 50.3 Å². The van der Waals surface area contributed by atoms with Gasteiger partial charge in [0.1, 0.15) is 0 Å². The van der Waals surface area contributed by atoms with Crippen molar-refractivity contribution >= 4 is 0 Å². The third-order valence-electron chi connectivity index (χ3n) is 3.17. The molecule has 1 fully saturated rings. The Labute approximate surface area is 91.9 Å². The van der Waals surface area contributed by atoms with Crippen LogP contribution in [0.4, 0.5) is 0 Å². The van der Waals surface area contributed by atoms with Crippen LogP contribution in [0, 0.1) is 0 Å². The molecule has 1 aliphatic carbocycles. The standard InChI is InChI=1S/C12H21N3/c1-9(2)12-10(8-15(3)14-12)7-13-11-5-4-6-11/h8-9,11,13H,4-7H2,1-3H3. The smallest absolute Gasteiger partial charge is 0.0694 e. The first-order valence-electron chi connectivity index (χ1n) is 5.92. The highest BCUT2D eigenvalue weighted by Gasteiger charge is 2.18. The summed E-state index contributed by atoms with van der Waals surface area (Å²) in [4.78, 5) is 0. The molecule has 3 heteroatoms. The molecule has 1 saturated carbocycles. The highest BCUT2D eigenvalue weighted by atomic mass is 15.3. The van der Waals surface area contributed by atoms with Crippen molar-refractivity contribution in [2.45, 2.75) is 51.6 Å². The second-order valence-electron chi connectivity index (χ2n) is 4.88. The van der Waals surface area contributed by atoms with Gasteiger partial charge in [-0.1, -0.05) is 20.3 Å². The molecule has 1 aromatic heterocycles. The lowest BCUT2D eigenvalue weighted by Gasteiger charge is -2.26. The summed E-state index contributed by atoms with van der Waals surface area (Å²) in [5.41, 5.74) is 2.60. The Morgan fingerprint density at radius 2 is 2.27 bits per heavy atom. The molecule has 1 N–H and O–H groups in total. The molecule has 15 heavy (non-hydrogen) atoms. The molecule has 1 heterocycles. The minimum absolute atomic E-state index is 0.518. The number of rotatable bonds is 4. The Morgan fingerprint density at radius 3 is 2.80 bits per heavy atom. The van der Waals surface area contributed by atoms with Gasteiger partial charge in [0.25, 0.3) is 0 Å². The monoisotopic (exact) mass is 207 g/mol. The van der Waals surface area contributed by atoms with Gasteiger partial charge >= 0.3 is 0 Å². The van der Waals surface area contributed by atoms with Gasteiger partial charge < -0.3 is 5.32 Å². The Kier molecular flexibility index (Phi) is 3.10. The summed E-state index contributed by atoms with van der Waals surface area (Å²) >= 11 is 0. The minimum Gasteiger partial charge on any atom is -0.310 e. The summed E-state index contributed by atoms with van der Waals surface area (Å²) in [7, 11) is 2.00. The van der Waals surface area contributed by atoms with Gasteiger partial charge in [-0.15, -0.1) is 0 Å². The fraction of sp³-hybridized carbons (Fsp3) is 0.750. The van der Waals surface area contributed by atoms with E-state index >= 15 is 0 Å². The van der Waals surface area contributed by atoms with Gasteiger partial charge in [-0.2, -0.15) is 5.10 Å². The number of aromatic nitrogens is 2. The van der Waals surface area contributed by atoms with E-state index in [9.17, 15) is 0 Å². The molecule has 0 aromatic carbocycles. The fourth-order valence-corrected chi connectivity index (χ4v) is 2.04. The van der Waals surface area contributed by atoms with Crippen molar-refractivity contribution in [2.24, 2.45) is 7.05 Å². The Hall–Kier alpha value is -0.830. The minimum atomic E-state index is 0.518. The normalized spacial score (nSPS) is 17.1. The summed E-state index contributed by atoms with van der Waals surface area (Å²) in [5.74, 6) is 0.518. The van der Waals surface area contributed by atoms with E-state index < -0.39 is 0 Å². The molecule has 84 valence electrons. The molecule has 0 unspecified atom stereocenters. The van der Waals surface area contributed by atoms with Crippen molar-refractivity contribution in [1.82, 2.24) is 15.1 Å². The Morgan fingerprint density at radius 1 is 1.53 bits per heavy atom. The average Bonchev–Trinajstić information content (AvgIpc) is 2.44. The summed E-state index contributed by atoms with van der Waals surface area (Å²) in [6.07, 6.45) is 6.22. The van der Waals surface area contributed by atoms with Crippen molar-refractivity contribution < 1.29 is 0 Å². The van der Waals surface area contributed by atoms with E-state index in [2.05, 4.69) is 30.5 Å². The van der Waals surface area contributed by atoms with Crippen LogP contribution < -0.4 is 5.32 Å². The van der Waals surface area contributed by atoms with E-state index in [-0.39, 0.29) is 0 Å². The average molecular weight is 207 g/mol. The first-order valence-corrected chi connectivity index (χ1v) is 5.92. The van der Waals surface area contributed by atoms with Crippen molar-refractivity contribution in [1.29, 1.82) is 0 Å². The van der Waals surface area contributed by atoms with E-state index in [0.29, 0.717) is 5.92 Å². The van der Waals surface area contributed by atoms with Gasteiger partial charge in [0, 0.05) is 31.4 Å². The molecule has 0 saturated heterocycles. The molecule has 0 amide bonds. The summed E-state index contributed by atoms with van der Waals surface area (Å²) in [6.45, 7) is 5.39. The van der Waals surface area contributed by atoms with E-state index in [0.717, 1.165) is 12.6 Å². The van der Waals surface area contributed by atoms with Crippen LogP contribution >= 0.6 is 0 Å². The molecule has 0 radical (unpaired) electrons. The van der Waals surface area contributed by atoms with Gasteiger partial charge in [0.05, 0.1) is 5.69 Å². The second-order valence-corrected chi connectivity index (χ2v) is 4.88. The maximum Gasteiger partial charge on any atom is 0.0694 e. The lowest BCUT2D eigenvalue weighted by atomic mass is 9.93. The summed E-state index contributed by atoms with van der Waals surface area (Å²) in [5, 5.41) is 8.10. The van der Waals surface area contributed by atoms with Gasteiger partial charge in [-0.3, -0.25) is 4.68 Å². The maximum absolute atomic E-state index is 4.51. The van der Waals surface area contributed by atoms with E-state index in [1.54, 1.807) is 0 Å². The van der Waals surface area contributed by atoms with Crippen molar-refractivity contribution in [2.75, 3.05) is 0 Å². The van der Waals surface area contributed by atoms with Crippen LogP contribution in [0.5, 0.6) is 0 Å². The second kappa shape index (κ2) is 4.35. The van der Waals surface area contributed by atoms with Gasteiger partial charge in [0.15, 0.2) is 0 Å². The third-order valence-corrected chi connectivity index (χ3v) is 3.17. The van der Waals surface area contributed by atoms with Crippen LogP contribution in [-0.2, 0) is 13.6 Å². The molecule has 0 atom stereocenters. The van der Waals surface area contributed by atoms with E-state index in [4.69, 9.17) is 0 Å². The predicted molar refractivity (Wildman–Crippen MR) is 61.8 cm³/mol. The highest BCUT2D eigenvalue weighted by molar-refractivity contribution is 5.20. The number of nitrogens with one attached hydrogen (secondary N) is 1. The molecule has 0 spiro atoms. The van der Waals surface area contributed by atoms with Crippen LogP contribution in [0.2, 0.25) is 0 Å². The number of nitrogens with zero attached hydrogens (tertiary/aromatic N) is 2. The number of hydrogen-bond donors (Lipinski definition) is 1. The molecular weight excluding hydrogens is 186 g/mol. The lowest BCUT2D eigenvalue weighted by Crippen LogP contribution is -2.34. The molecular formula is C12H21N3. The maximum atomic E-state index is 4.51. The lowest BCUT2D eigenvalue weighted by molar-refractivity contribution is 0.338. The SMILES string of the molecule is CC(C)c1nn(C)cc1CNC1CCC1. The van der Waals surface area contributed by atoms with Gasteiger partial charge in [-0.25, -0.2) is 0 Å². The first kappa shape index (κ1) is 10.7. The fourth-order valence-electron chi connectivity index (χ4n) is 2.04. The molecule has 1 aliphatic rings. The van der Waals surface area contributed by atoms with Crippen LogP contribution in [0.25, 0.3) is 0 Å². The van der Waals surface area contributed by atoms with Crippen LogP contribution in [-0.4, -0.2) is 15.8 Å². The Balaban J connectivity index is 1.98. The highest BCUT2D eigenvalue weighted by Crippen LogP contribution is 2.21. The van der Waals surface area contributed by atoms with Crippen LogP contribution in [0.15, 0.2) is 6.20 Å². The number of hydrogen-bond acceptors (Lipinski definition) is 2. The van der Waals surface area contributed by atoms with Crippen molar-refractivity contribution in [3.8, 4) is 0 Å². The largest absolute Gasteiger partial charge is 0.310 e. The molecule has 0 aliphatic heterocycles. The zero-order valence-electron chi connectivity index (χ0n) is 9.95. The predicted octanol–water partition coefficient (Wildman–Crippen LogP) is 2.19. The van der Waals surface area contributed by atoms with Crippen molar-refractivity contribution in [3.63, 3.8) is 0 Å². The number of aryl methyl sites for hydroxylation is 1. The molecule has 3 nitrogen and oxygen atoms in total. The first-order chi connectivity index (χ1) is 7.16. The van der Waals surface area contributed by atoms with Gasteiger partial charge in [0.2, 0.25) is 0 Å². The topological polar surface area (TPSA) is 29.9 Å². The molecule has 2 rings (SSSR count). The van der Waals surface area contributed by atoms with E-state index in [1.165, 1.54) is 30.5 Å². The summed E-state index contributed by atoms with van der Waals surface area (Å²) in [6, 6.07) is 0.755. The van der Waals surface area contributed by atoms with Crippen LogP contribution in [0.3, 0.4) is 0 Å². The van der Waals surface area contributed by atoms with E-state index in [1.807, 2.05) is 11.7 Å². The quantitative estimate of drug-likeness (QED) is 0.820. The third kappa shape index (κ3) is 2.40. The Bertz CT molecular complexity index is 324. The molecule has 0 bridgehead atoms. The zero-order chi connectivity index (χ0) is 10.8.